The van der Waals surface area contributed by atoms with Gasteiger partial charge in [0.25, 0.3) is 5.91 Å². The van der Waals surface area contributed by atoms with E-state index in [-0.39, 0.29) is 25.2 Å². The highest BCUT2D eigenvalue weighted by molar-refractivity contribution is 5.86. The number of hydrogen-bond acceptors (Lipinski definition) is 5. The van der Waals surface area contributed by atoms with Crippen molar-refractivity contribution in [3.63, 3.8) is 0 Å². The third-order valence-electron chi connectivity index (χ3n) is 4.75. The molecule has 0 saturated heterocycles. The quantitative estimate of drug-likeness (QED) is 0.280. The molecule has 0 spiro atoms. The predicted molar refractivity (Wildman–Crippen MR) is 113 cm³/mol. The van der Waals surface area contributed by atoms with Gasteiger partial charge < -0.3 is 14.8 Å². The molecule has 7 heteroatoms. The van der Waals surface area contributed by atoms with Crippen LogP contribution in [-0.4, -0.2) is 31.4 Å². The molecule has 1 aromatic carbocycles. The van der Waals surface area contributed by atoms with Crippen LogP contribution in [0.3, 0.4) is 0 Å². The number of unbranched alkanes of at least 4 members (excludes halogenated alkanes) is 8. The molecule has 0 saturated carbocycles. The molecule has 0 aromatic heterocycles. The van der Waals surface area contributed by atoms with Gasteiger partial charge in [0, 0.05) is 6.42 Å². The average molecular weight is 404 g/mol. The highest BCUT2D eigenvalue weighted by atomic mass is 16.7. The summed E-state index contributed by atoms with van der Waals surface area (Å²) in [4.78, 5) is 23.6. The number of hydrazone groups is 1. The number of carbonyl (C=O) groups is 2. The lowest BCUT2D eigenvalue weighted by Gasteiger charge is -2.05. The largest absolute Gasteiger partial charge is 0.454 e. The highest BCUT2D eigenvalue weighted by Crippen LogP contribution is 2.31. The van der Waals surface area contributed by atoms with Gasteiger partial charge in [-0.2, -0.15) is 5.10 Å². The Labute approximate surface area is 173 Å². The van der Waals surface area contributed by atoms with Crippen molar-refractivity contribution < 1.29 is 19.1 Å². The SMILES string of the molecule is CCCCCCCCCCCC(=O)NCC(=O)N/N=C/c1ccc2c(c1)OCO2. The van der Waals surface area contributed by atoms with Crippen molar-refractivity contribution in [2.24, 2.45) is 5.10 Å². The van der Waals surface area contributed by atoms with Gasteiger partial charge in [0.2, 0.25) is 12.7 Å². The summed E-state index contributed by atoms with van der Waals surface area (Å²) < 4.78 is 10.5. The summed E-state index contributed by atoms with van der Waals surface area (Å²) >= 11 is 0. The topological polar surface area (TPSA) is 89.0 Å². The fourth-order valence-electron chi connectivity index (χ4n) is 3.08. The number of fused-ring (bicyclic) bond motifs is 1. The van der Waals surface area contributed by atoms with Crippen LogP contribution < -0.4 is 20.2 Å². The lowest BCUT2D eigenvalue weighted by Crippen LogP contribution is -2.34. The van der Waals surface area contributed by atoms with E-state index in [0.29, 0.717) is 17.9 Å². The maximum absolute atomic E-state index is 11.8. The zero-order chi connectivity index (χ0) is 20.7. The second-order valence-corrected chi connectivity index (χ2v) is 7.26. The first kappa shape index (κ1) is 22.7. The Balaban J connectivity index is 1.48. The Hall–Kier alpha value is -2.57. The molecule has 2 N–H and O–H groups in total. The number of nitrogens with one attached hydrogen (secondary N) is 2. The van der Waals surface area contributed by atoms with E-state index < -0.39 is 0 Å². The third kappa shape index (κ3) is 9.45. The molecular formula is C22H33N3O4. The molecule has 160 valence electrons. The molecule has 0 radical (unpaired) electrons. The fourth-order valence-corrected chi connectivity index (χ4v) is 3.08. The summed E-state index contributed by atoms with van der Waals surface area (Å²) in [7, 11) is 0. The van der Waals surface area contributed by atoms with Crippen LogP contribution in [0.5, 0.6) is 11.5 Å². The van der Waals surface area contributed by atoms with Crippen molar-refractivity contribution in [3.05, 3.63) is 23.8 Å². The van der Waals surface area contributed by atoms with Crippen molar-refractivity contribution in [2.75, 3.05) is 13.3 Å². The molecule has 2 rings (SSSR count). The monoisotopic (exact) mass is 403 g/mol. The molecule has 0 atom stereocenters. The molecule has 1 aromatic rings. The van der Waals surface area contributed by atoms with Crippen LogP contribution in [-0.2, 0) is 9.59 Å². The Morgan fingerprint density at radius 3 is 2.41 bits per heavy atom. The predicted octanol–water partition coefficient (Wildman–Crippen LogP) is 3.90. The highest BCUT2D eigenvalue weighted by Gasteiger charge is 2.12. The van der Waals surface area contributed by atoms with Crippen LogP contribution in [0.2, 0.25) is 0 Å². The van der Waals surface area contributed by atoms with Crippen molar-refractivity contribution in [3.8, 4) is 11.5 Å². The van der Waals surface area contributed by atoms with Crippen LogP contribution in [0.4, 0.5) is 0 Å². The maximum atomic E-state index is 11.8. The summed E-state index contributed by atoms with van der Waals surface area (Å²) in [6.45, 7) is 2.36. The summed E-state index contributed by atoms with van der Waals surface area (Å²) in [6, 6.07) is 5.39. The van der Waals surface area contributed by atoms with Gasteiger partial charge >= 0.3 is 0 Å². The van der Waals surface area contributed by atoms with Gasteiger partial charge in [-0.05, 0) is 30.2 Å². The van der Waals surface area contributed by atoms with E-state index in [1.807, 2.05) is 6.07 Å². The lowest BCUT2D eigenvalue weighted by atomic mass is 10.1. The Morgan fingerprint density at radius 1 is 0.966 bits per heavy atom. The summed E-state index contributed by atoms with van der Waals surface area (Å²) in [5.41, 5.74) is 3.18. The molecule has 1 heterocycles. The molecular weight excluding hydrogens is 370 g/mol. The number of rotatable bonds is 14. The smallest absolute Gasteiger partial charge is 0.259 e. The summed E-state index contributed by atoms with van der Waals surface area (Å²) in [5, 5.41) is 6.52. The van der Waals surface area contributed by atoms with E-state index in [1.54, 1.807) is 12.1 Å². The fraction of sp³-hybridized carbons (Fsp3) is 0.591. The maximum Gasteiger partial charge on any atom is 0.259 e. The molecule has 0 fully saturated rings. The zero-order valence-electron chi connectivity index (χ0n) is 17.4. The summed E-state index contributed by atoms with van der Waals surface area (Å²) in [6.07, 6.45) is 12.9. The molecule has 29 heavy (non-hydrogen) atoms. The van der Waals surface area contributed by atoms with E-state index in [4.69, 9.17) is 9.47 Å². The first-order valence-electron chi connectivity index (χ1n) is 10.7. The van der Waals surface area contributed by atoms with Crippen LogP contribution >= 0.6 is 0 Å². The van der Waals surface area contributed by atoms with Crippen molar-refractivity contribution in [1.82, 2.24) is 10.7 Å². The van der Waals surface area contributed by atoms with Gasteiger partial charge in [0.15, 0.2) is 11.5 Å². The average Bonchev–Trinajstić information content (AvgIpc) is 3.19. The standard InChI is InChI=1S/C22H33N3O4/c1-2-3-4-5-6-7-8-9-10-11-21(26)23-16-22(27)25-24-15-18-12-13-19-20(14-18)29-17-28-19/h12-15H,2-11,16-17H2,1H3,(H,23,26)(H,25,27)/b24-15+. The Bertz CT molecular complexity index is 676. The van der Waals surface area contributed by atoms with Gasteiger partial charge in [-0.15, -0.1) is 0 Å². The molecule has 7 nitrogen and oxygen atoms in total. The lowest BCUT2D eigenvalue weighted by molar-refractivity contribution is -0.126. The third-order valence-corrected chi connectivity index (χ3v) is 4.75. The van der Waals surface area contributed by atoms with E-state index in [0.717, 1.165) is 18.4 Å². The Kier molecular flexibility index (Phi) is 10.6. The molecule has 2 amide bonds. The second-order valence-electron chi connectivity index (χ2n) is 7.26. The van der Waals surface area contributed by atoms with Gasteiger partial charge in [-0.25, -0.2) is 5.43 Å². The number of nitrogens with zero attached hydrogens (tertiary/aromatic N) is 1. The molecule has 0 bridgehead atoms. The molecule has 0 aliphatic carbocycles. The van der Waals surface area contributed by atoms with E-state index in [1.165, 1.54) is 51.2 Å². The van der Waals surface area contributed by atoms with Crippen LogP contribution in [0.25, 0.3) is 0 Å². The van der Waals surface area contributed by atoms with Gasteiger partial charge in [-0.1, -0.05) is 58.3 Å². The number of carbonyl (C=O) groups excluding carboxylic acids is 2. The van der Waals surface area contributed by atoms with Crippen LogP contribution in [0.15, 0.2) is 23.3 Å². The first-order valence-corrected chi connectivity index (χ1v) is 10.7. The van der Waals surface area contributed by atoms with E-state index in [9.17, 15) is 9.59 Å². The van der Waals surface area contributed by atoms with Crippen molar-refractivity contribution >= 4 is 18.0 Å². The minimum absolute atomic E-state index is 0.0747. The second kappa shape index (κ2) is 13.6. The zero-order valence-corrected chi connectivity index (χ0v) is 17.4. The van der Waals surface area contributed by atoms with E-state index >= 15 is 0 Å². The minimum atomic E-state index is -0.359. The first-order chi connectivity index (χ1) is 14.2. The number of benzene rings is 1. The van der Waals surface area contributed by atoms with Gasteiger partial charge in [-0.3, -0.25) is 9.59 Å². The van der Waals surface area contributed by atoms with Crippen molar-refractivity contribution in [1.29, 1.82) is 0 Å². The minimum Gasteiger partial charge on any atom is -0.454 e. The Morgan fingerprint density at radius 2 is 1.66 bits per heavy atom. The normalized spacial score (nSPS) is 12.3. The molecule has 1 aliphatic rings. The molecule has 1 aliphatic heterocycles. The van der Waals surface area contributed by atoms with Crippen LogP contribution in [0, 0.1) is 0 Å². The number of hydrogen-bond donors (Lipinski definition) is 2. The van der Waals surface area contributed by atoms with Gasteiger partial charge in [0.1, 0.15) is 0 Å². The summed E-state index contributed by atoms with van der Waals surface area (Å²) in [5.74, 6) is 0.898. The molecule has 0 unspecified atom stereocenters. The van der Waals surface area contributed by atoms with E-state index in [2.05, 4.69) is 22.8 Å². The number of amides is 2. The van der Waals surface area contributed by atoms with Gasteiger partial charge in [0.05, 0.1) is 12.8 Å². The van der Waals surface area contributed by atoms with Crippen molar-refractivity contribution in [2.45, 2.75) is 71.1 Å². The number of ether oxygens (including phenoxy) is 2. The van der Waals surface area contributed by atoms with Crippen LogP contribution in [0.1, 0.15) is 76.7 Å².